The molecule has 0 aliphatic carbocycles. The Balaban J connectivity index is 1.89. The zero-order valence-corrected chi connectivity index (χ0v) is 18.5. The number of benzene rings is 2. The SMILES string of the molecule is O=C(Nc1ccc(Cl)cc1Cl)n1nc(-c2ccc(Cl)cc2Cl)c2ncc(C(F)(F)F)cc21. The van der Waals surface area contributed by atoms with Crippen molar-refractivity contribution < 1.29 is 18.0 Å². The Hall–Kier alpha value is -2.52. The van der Waals surface area contributed by atoms with Gasteiger partial charge in [0, 0.05) is 21.8 Å². The van der Waals surface area contributed by atoms with E-state index in [1.165, 1.54) is 36.4 Å². The molecule has 0 radical (unpaired) electrons. The number of carbonyl (C=O) groups excluding carboxylic acids is 1. The minimum Gasteiger partial charge on any atom is -0.305 e. The molecule has 4 aromatic rings. The Labute approximate surface area is 198 Å². The lowest BCUT2D eigenvalue weighted by atomic mass is 10.1. The number of carbonyl (C=O) groups is 1. The monoisotopic (exact) mass is 518 g/mol. The third-order valence-corrected chi connectivity index (χ3v) is 5.49. The number of nitrogens with zero attached hydrogens (tertiary/aromatic N) is 3. The van der Waals surface area contributed by atoms with Crippen molar-refractivity contribution in [3.05, 3.63) is 74.3 Å². The topological polar surface area (TPSA) is 59.8 Å². The quantitative estimate of drug-likeness (QED) is 0.294. The van der Waals surface area contributed by atoms with Crippen LogP contribution in [0.3, 0.4) is 0 Å². The van der Waals surface area contributed by atoms with Crippen LogP contribution < -0.4 is 5.32 Å². The van der Waals surface area contributed by atoms with Crippen LogP contribution in [-0.4, -0.2) is 20.8 Å². The van der Waals surface area contributed by atoms with Gasteiger partial charge in [0.15, 0.2) is 0 Å². The van der Waals surface area contributed by atoms with Crippen LogP contribution in [-0.2, 0) is 6.18 Å². The Morgan fingerprint density at radius 2 is 1.59 bits per heavy atom. The number of rotatable bonds is 2. The van der Waals surface area contributed by atoms with Crippen LogP contribution in [0.15, 0.2) is 48.7 Å². The van der Waals surface area contributed by atoms with E-state index < -0.39 is 17.8 Å². The molecule has 2 aromatic carbocycles. The van der Waals surface area contributed by atoms with Gasteiger partial charge in [0.1, 0.15) is 11.2 Å². The number of halogens is 7. The van der Waals surface area contributed by atoms with Crippen molar-refractivity contribution in [2.45, 2.75) is 6.18 Å². The highest BCUT2D eigenvalue weighted by Crippen LogP contribution is 2.36. The van der Waals surface area contributed by atoms with Crippen LogP contribution >= 0.6 is 46.4 Å². The minimum absolute atomic E-state index is 0.0413. The number of pyridine rings is 1. The standard InChI is InChI=1S/C20H9Cl4F3N4O/c21-10-1-3-12(13(23)6-10)17-18-16(5-9(8-28-18)20(25,26)27)31(30-17)19(32)29-15-4-2-11(22)7-14(15)24/h1-8H,(H,29,32). The molecule has 5 nitrogen and oxygen atoms in total. The number of fused-ring (bicyclic) bond motifs is 1. The molecule has 2 aromatic heterocycles. The molecule has 2 heterocycles. The summed E-state index contributed by atoms with van der Waals surface area (Å²) in [5.41, 5.74) is -0.548. The summed E-state index contributed by atoms with van der Waals surface area (Å²) < 4.78 is 40.6. The largest absolute Gasteiger partial charge is 0.417 e. The smallest absolute Gasteiger partial charge is 0.305 e. The molecule has 0 saturated heterocycles. The van der Waals surface area contributed by atoms with Gasteiger partial charge >= 0.3 is 12.2 Å². The number of aromatic nitrogens is 3. The Morgan fingerprint density at radius 3 is 2.22 bits per heavy atom. The highest BCUT2D eigenvalue weighted by atomic mass is 35.5. The van der Waals surface area contributed by atoms with E-state index in [9.17, 15) is 18.0 Å². The van der Waals surface area contributed by atoms with Gasteiger partial charge in [0.25, 0.3) is 0 Å². The first-order valence-electron chi connectivity index (χ1n) is 8.72. The van der Waals surface area contributed by atoms with Crippen LogP contribution in [0.5, 0.6) is 0 Å². The maximum atomic E-state index is 13.3. The highest BCUT2D eigenvalue weighted by Gasteiger charge is 2.32. The molecule has 0 fully saturated rings. The lowest BCUT2D eigenvalue weighted by molar-refractivity contribution is -0.137. The lowest BCUT2D eigenvalue weighted by Gasteiger charge is -2.09. The molecule has 4 rings (SSSR count). The molecule has 0 bridgehead atoms. The first-order valence-corrected chi connectivity index (χ1v) is 10.2. The Morgan fingerprint density at radius 1 is 0.938 bits per heavy atom. The third-order valence-electron chi connectivity index (χ3n) is 4.40. The van der Waals surface area contributed by atoms with E-state index in [-0.39, 0.29) is 32.5 Å². The summed E-state index contributed by atoms with van der Waals surface area (Å²) in [4.78, 5) is 16.9. The summed E-state index contributed by atoms with van der Waals surface area (Å²) in [5.74, 6) is 0. The molecule has 0 aliphatic heterocycles. The van der Waals surface area contributed by atoms with Crippen molar-refractivity contribution in [1.82, 2.24) is 14.8 Å². The van der Waals surface area contributed by atoms with Crippen LogP contribution in [0.2, 0.25) is 20.1 Å². The van der Waals surface area contributed by atoms with Gasteiger partial charge in [-0.05, 0) is 42.5 Å². The summed E-state index contributed by atoms with van der Waals surface area (Å²) in [5, 5.41) is 7.71. The molecule has 0 aliphatic rings. The number of alkyl halides is 3. The van der Waals surface area contributed by atoms with Crippen molar-refractivity contribution in [3.63, 3.8) is 0 Å². The molecular weight excluding hydrogens is 511 g/mol. The predicted octanol–water partition coefficient (Wildman–Crippen LogP) is 7.81. The number of hydrogen-bond donors (Lipinski definition) is 1. The van der Waals surface area contributed by atoms with Gasteiger partial charge in [-0.3, -0.25) is 4.98 Å². The van der Waals surface area contributed by atoms with Gasteiger partial charge in [-0.2, -0.15) is 23.0 Å². The molecule has 1 N–H and O–H groups in total. The molecule has 0 spiro atoms. The number of hydrogen-bond acceptors (Lipinski definition) is 3. The van der Waals surface area contributed by atoms with Gasteiger partial charge in [-0.25, -0.2) is 4.79 Å². The summed E-state index contributed by atoms with van der Waals surface area (Å²) in [6.45, 7) is 0. The summed E-state index contributed by atoms with van der Waals surface area (Å²) in [6, 6.07) is 8.78. The van der Waals surface area contributed by atoms with Crippen LogP contribution in [0.25, 0.3) is 22.3 Å². The lowest BCUT2D eigenvalue weighted by Crippen LogP contribution is -2.21. The second kappa shape index (κ2) is 8.44. The van der Waals surface area contributed by atoms with Crippen molar-refractivity contribution in [2.75, 3.05) is 5.32 Å². The van der Waals surface area contributed by atoms with Gasteiger partial charge in [0.05, 0.1) is 26.8 Å². The second-order valence-corrected chi connectivity index (χ2v) is 8.22. The fourth-order valence-electron chi connectivity index (χ4n) is 2.93. The van der Waals surface area contributed by atoms with Crippen molar-refractivity contribution >= 4 is 69.2 Å². The second-order valence-electron chi connectivity index (χ2n) is 6.53. The molecule has 12 heteroatoms. The normalized spacial score (nSPS) is 11.7. The fourth-order valence-corrected chi connectivity index (χ4v) is 3.88. The van der Waals surface area contributed by atoms with E-state index in [1.807, 2.05) is 0 Å². The number of anilines is 1. The van der Waals surface area contributed by atoms with Crippen LogP contribution in [0, 0.1) is 0 Å². The van der Waals surface area contributed by atoms with E-state index >= 15 is 0 Å². The Kier molecular flexibility index (Phi) is 5.98. The number of nitrogens with one attached hydrogen (secondary N) is 1. The van der Waals surface area contributed by atoms with E-state index in [0.717, 1.165) is 10.7 Å². The van der Waals surface area contributed by atoms with Crippen molar-refractivity contribution in [1.29, 1.82) is 0 Å². The summed E-state index contributed by atoms with van der Waals surface area (Å²) >= 11 is 24.1. The van der Waals surface area contributed by atoms with E-state index in [4.69, 9.17) is 46.4 Å². The maximum Gasteiger partial charge on any atom is 0.417 e. The average molecular weight is 520 g/mol. The van der Waals surface area contributed by atoms with E-state index in [0.29, 0.717) is 21.8 Å². The minimum atomic E-state index is -4.68. The molecule has 0 saturated carbocycles. The number of amides is 1. The summed E-state index contributed by atoms with van der Waals surface area (Å²) in [7, 11) is 0. The molecule has 164 valence electrons. The average Bonchev–Trinajstić information content (AvgIpc) is 3.08. The first-order chi connectivity index (χ1) is 15.0. The van der Waals surface area contributed by atoms with Crippen LogP contribution in [0.1, 0.15) is 5.56 Å². The van der Waals surface area contributed by atoms with Crippen molar-refractivity contribution in [2.24, 2.45) is 0 Å². The molecule has 32 heavy (non-hydrogen) atoms. The predicted molar refractivity (Wildman–Crippen MR) is 119 cm³/mol. The zero-order valence-electron chi connectivity index (χ0n) is 15.5. The molecule has 0 unspecified atom stereocenters. The van der Waals surface area contributed by atoms with Crippen LogP contribution in [0.4, 0.5) is 23.7 Å². The van der Waals surface area contributed by atoms with Crippen molar-refractivity contribution in [3.8, 4) is 11.3 Å². The van der Waals surface area contributed by atoms with Gasteiger partial charge in [-0.1, -0.05) is 46.4 Å². The fraction of sp³-hybridized carbons (Fsp3) is 0.0500. The molecular formula is C20H9Cl4F3N4O. The van der Waals surface area contributed by atoms with E-state index in [2.05, 4.69) is 15.4 Å². The molecule has 1 amide bonds. The van der Waals surface area contributed by atoms with Gasteiger partial charge < -0.3 is 5.32 Å². The Bertz CT molecular complexity index is 1370. The first kappa shape index (κ1) is 22.7. The summed E-state index contributed by atoms with van der Waals surface area (Å²) in [6.07, 6.45) is -4.01. The van der Waals surface area contributed by atoms with Gasteiger partial charge in [-0.15, -0.1) is 0 Å². The highest BCUT2D eigenvalue weighted by molar-refractivity contribution is 6.37. The third kappa shape index (κ3) is 4.36. The molecule has 0 atom stereocenters. The van der Waals surface area contributed by atoms with E-state index in [1.54, 1.807) is 0 Å². The van der Waals surface area contributed by atoms with Gasteiger partial charge in [0.2, 0.25) is 0 Å². The zero-order chi connectivity index (χ0) is 23.2. The maximum absolute atomic E-state index is 13.3.